The van der Waals surface area contributed by atoms with Gasteiger partial charge in [-0.3, -0.25) is 0 Å². The average molecular weight is 147 g/mol. The maximum absolute atomic E-state index is 11.4. The van der Waals surface area contributed by atoms with Gasteiger partial charge in [-0.15, -0.1) is 0 Å². The van der Waals surface area contributed by atoms with Crippen molar-refractivity contribution in [1.82, 2.24) is 0 Å². The molecule has 0 bridgehead atoms. The van der Waals surface area contributed by atoms with Gasteiger partial charge in [-0.2, -0.15) is 0 Å². The third-order valence-corrected chi connectivity index (χ3v) is 1.06. The molecule has 0 rings (SSSR count). The molecule has 3 nitrogen and oxygen atoms in total. The Morgan fingerprint density at radius 1 is 1.80 bits per heavy atom. The van der Waals surface area contributed by atoms with Gasteiger partial charge >= 0.3 is 0 Å². The van der Waals surface area contributed by atoms with Crippen LogP contribution in [-0.2, 0) is 4.79 Å². The SMILES string of the molecule is [NH3+]C(/C=C\F)CCC(=O)[O-]. The third kappa shape index (κ3) is 5.24. The van der Waals surface area contributed by atoms with Gasteiger partial charge in [0.05, 0.1) is 6.33 Å². The van der Waals surface area contributed by atoms with Gasteiger partial charge < -0.3 is 15.6 Å². The third-order valence-electron chi connectivity index (χ3n) is 1.06. The Morgan fingerprint density at radius 2 is 2.40 bits per heavy atom. The van der Waals surface area contributed by atoms with Gasteiger partial charge in [0.15, 0.2) is 0 Å². The minimum atomic E-state index is -1.12. The van der Waals surface area contributed by atoms with E-state index >= 15 is 0 Å². The summed E-state index contributed by atoms with van der Waals surface area (Å²) in [6, 6.07) is -0.275. The number of carboxylic acid groups (broad SMARTS) is 1. The topological polar surface area (TPSA) is 67.8 Å². The summed E-state index contributed by atoms with van der Waals surface area (Å²) in [7, 11) is 0. The van der Waals surface area contributed by atoms with Crippen molar-refractivity contribution < 1.29 is 20.0 Å². The molecule has 0 amide bonds. The highest BCUT2D eigenvalue weighted by Gasteiger charge is 1.99. The lowest BCUT2D eigenvalue weighted by atomic mass is 10.2. The number of halogens is 1. The summed E-state index contributed by atoms with van der Waals surface area (Å²) in [6.07, 6.45) is 1.83. The second kappa shape index (κ2) is 4.93. The van der Waals surface area contributed by atoms with Crippen LogP contribution in [0.2, 0.25) is 0 Å². The molecule has 3 N–H and O–H groups in total. The molecule has 0 saturated carbocycles. The van der Waals surface area contributed by atoms with Gasteiger partial charge in [-0.1, -0.05) is 0 Å². The molecule has 4 heteroatoms. The molecular formula is C6H10FNO2. The van der Waals surface area contributed by atoms with E-state index in [0.717, 1.165) is 0 Å². The maximum atomic E-state index is 11.4. The monoisotopic (exact) mass is 147 g/mol. The lowest BCUT2D eigenvalue weighted by Crippen LogP contribution is -2.59. The van der Waals surface area contributed by atoms with Crippen molar-refractivity contribution >= 4 is 5.97 Å². The van der Waals surface area contributed by atoms with Crippen LogP contribution in [0, 0.1) is 0 Å². The number of carbonyl (C=O) groups excluding carboxylic acids is 1. The summed E-state index contributed by atoms with van der Waals surface area (Å²) in [5, 5.41) is 9.85. The minimum Gasteiger partial charge on any atom is -0.550 e. The Balaban J connectivity index is 3.39. The molecule has 0 aliphatic carbocycles. The van der Waals surface area contributed by atoms with Crippen LogP contribution in [0.3, 0.4) is 0 Å². The number of hydrogen-bond acceptors (Lipinski definition) is 2. The van der Waals surface area contributed by atoms with E-state index in [2.05, 4.69) is 5.73 Å². The maximum Gasteiger partial charge on any atom is 0.106 e. The molecule has 0 aliphatic heterocycles. The number of carboxylic acids is 1. The highest BCUT2D eigenvalue weighted by molar-refractivity contribution is 5.64. The number of rotatable bonds is 4. The van der Waals surface area contributed by atoms with Crippen molar-refractivity contribution in [3.63, 3.8) is 0 Å². The molecule has 0 radical (unpaired) electrons. The van der Waals surface area contributed by atoms with E-state index in [0.29, 0.717) is 12.8 Å². The number of carbonyl (C=O) groups is 1. The molecule has 1 unspecified atom stereocenters. The van der Waals surface area contributed by atoms with Crippen LogP contribution in [0.4, 0.5) is 4.39 Å². The zero-order chi connectivity index (χ0) is 7.98. The normalized spacial score (nSPS) is 13.8. The van der Waals surface area contributed by atoms with Crippen molar-refractivity contribution in [2.45, 2.75) is 18.9 Å². The molecule has 0 fully saturated rings. The first-order chi connectivity index (χ1) is 4.66. The van der Waals surface area contributed by atoms with E-state index in [1.807, 2.05) is 0 Å². The quantitative estimate of drug-likeness (QED) is 0.532. The van der Waals surface area contributed by atoms with E-state index in [-0.39, 0.29) is 12.5 Å². The fourth-order valence-electron chi connectivity index (χ4n) is 0.502. The van der Waals surface area contributed by atoms with Gasteiger partial charge in [0, 0.05) is 18.5 Å². The van der Waals surface area contributed by atoms with Gasteiger partial charge in [-0.25, -0.2) is 4.39 Å². The molecule has 0 aromatic heterocycles. The van der Waals surface area contributed by atoms with Crippen LogP contribution in [0.25, 0.3) is 0 Å². The molecule has 10 heavy (non-hydrogen) atoms. The van der Waals surface area contributed by atoms with Gasteiger partial charge in [-0.05, 0) is 6.42 Å². The second-order valence-corrected chi connectivity index (χ2v) is 1.99. The average Bonchev–Trinajstić information content (AvgIpc) is 1.85. The zero-order valence-electron chi connectivity index (χ0n) is 5.55. The largest absolute Gasteiger partial charge is 0.550 e. The van der Waals surface area contributed by atoms with E-state index in [1.165, 1.54) is 6.08 Å². The fraction of sp³-hybridized carbons (Fsp3) is 0.500. The summed E-state index contributed by atoms with van der Waals surface area (Å²) in [5.41, 5.74) is 3.48. The van der Waals surface area contributed by atoms with Gasteiger partial charge in [0.2, 0.25) is 0 Å². The van der Waals surface area contributed by atoms with Crippen molar-refractivity contribution in [1.29, 1.82) is 0 Å². The van der Waals surface area contributed by atoms with Crippen LogP contribution in [-0.4, -0.2) is 12.0 Å². The molecular weight excluding hydrogens is 137 g/mol. The minimum absolute atomic E-state index is 0.0709. The second-order valence-electron chi connectivity index (χ2n) is 1.99. The first kappa shape index (κ1) is 9.10. The van der Waals surface area contributed by atoms with Gasteiger partial charge in [0.1, 0.15) is 6.04 Å². The van der Waals surface area contributed by atoms with Gasteiger partial charge in [0.25, 0.3) is 0 Å². The van der Waals surface area contributed by atoms with Crippen molar-refractivity contribution in [2.75, 3.05) is 0 Å². The Morgan fingerprint density at radius 3 is 2.80 bits per heavy atom. The van der Waals surface area contributed by atoms with Crippen LogP contribution in [0.5, 0.6) is 0 Å². The zero-order valence-corrected chi connectivity index (χ0v) is 5.55. The molecule has 0 saturated heterocycles. The molecule has 0 spiro atoms. The summed E-state index contributed by atoms with van der Waals surface area (Å²) >= 11 is 0. The summed E-state index contributed by atoms with van der Waals surface area (Å²) in [6.45, 7) is 0. The Labute approximate surface area is 58.3 Å². The Hall–Kier alpha value is -0.900. The summed E-state index contributed by atoms with van der Waals surface area (Å²) in [5.74, 6) is -1.12. The molecule has 0 aromatic carbocycles. The molecule has 0 heterocycles. The van der Waals surface area contributed by atoms with Crippen molar-refractivity contribution in [2.24, 2.45) is 0 Å². The van der Waals surface area contributed by atoms with E-state index in [4.69, 9.17) is 0 Å². The van der Waals surface area contributed by atoms with E-state index < -0.39 is 5.97 Å². The predicted octanol–water partition coefficient (Wildman–Crippen LogP) is -1.39. The smallest absolute Gasteiger partial charge is 0.106 e. The lowest BCUT2D eigenvalue weighted by Gasteiger charge is -2.02. The van der Waals surface area contributed by atoms with Crippen molar-refractivity contribution in [3.8, 4) is 0 Å². The standard InChI is InChI=1S/C6H10FNO2/c7-4-3-5(8)1-2-6(9)10/h3-5H,1-2,8H2,(H,9,10)/b4-3-. The number of quaternary nitrogens is 1. The fourth-order valence-corrected chi connectivity index (χ4v) is 0.502. The highest BCUT2D eigenvalue weighted by atomic mass is 19.1. The lowest BCUT2D eigenvalue weighted by molar-refractivity contribution is -0.405. The highest BCUT2D eigenvalue weighted by Crippen LogP contribution is 1.92. The first-order valence-corrected chi connectivity index (χ1v) is 2.96. The van der Waals surface area contributed by atoms with Crippen LogP contribution in [0.1, 0.15) is 12.8 Å². The summed E-state index contributed by atoms with van der Waals surface area (Å²) < 4.78 is 11.4. The summed E-state index contributed by atoms with van der Waals surface area (Å²) in [4.78, 5) is 9.85. The Bertz CT molecular complexity index is 136. The molecule has 1 atom stereocenters. The van der Waals surface area contributed by atoms with E-state index in [1.54, 1.807) is 0 Å². The Kier molecular flexibility index (Phi) is 4.49. The molecule has 58 valence electrons. The number of aliphatic carboxylic acids is 1. The van der Waals surface area contributed by atoms with Crippen LogP contribution in [0.15, 0.2) is 12.4 Å². The van der Waals surface area contributed by atoms with Crippen LogP contribution < -0.4 is 10.8 Å². The van der Waals surface area contributed by atoms with Crippen LogP contribution >= 0.6 is 0 Å². The predicted molar refractivity (Wildman–Crippen MR) is 31.2 cm³/mol. The molecule has 0 aliphatic rings. The van der Waals surface area contributed by atoms with Crippen molar-refractivity contribution in [3.05, 3.63) is 12.4 Å². The first-order valence-electron chi connectivity index (χ1n) is 2.96. The number of hydrogen-bond donors (Lipinski definition) is 1. The molecule has 0 aromatic rings. The van der Waals surface area contributed by atoms with E-state index in [9.17, 15) is 14.3 Å².